The van der Waals surface area contributed by atoms with Gasteiger partial charge in [0.25, 0.3) is 0 Å². The Bertz CT molecular complexity index is 680. The first-order chi connectivity index (χ1) is 11.6. The highest BCUT2D eigenvalue weighted by Crippen LogP contribution is 2.19. The monoisotopic (exact) mass is 346 g/mol. The fourth-order valence-electron chi connectivity index (χ4n) is 2.93. The van der Waals surface area contributed by atoms with Crippen LogP contribution < -0.4 is 4.90 Å². The first-order valence-corrected chi connectivity index (χ1v) is 8.52. The molecule has 0 saturated carbocycles. The van der Waals surface area contributed by atoms with Crippen molar-refractivity contribution in [3.8, 4) is 0 Å². The Morgan fingerprint density at radius 2 is 1.58 bits per heavy atom. The number of hydrogen-bond donors (Lipinski definition) is 0. The van der Waals surface area contributed by atoms with Gasteiger partial charge in [-0.1, -0.05) is 23.7 Å². The lowest BCUT2D eigenvalue weighted by Gasteiger charge is -2.36. The van der Waals surface area contributed by atoms with Gasteiger partial charge in [0.2, 0.25) is 5.91 Å². The molecule has 1 heterocycles. The van der Waals surface area contributed by atoms with Crippen LogP contribution in [0.3, 0.4) is 0 Å². The minimum absolute atomic E-state index is 0.162. The fraction of sp³-hybridized carbons (Fsp3) is 0.316. The maximum absolute atomic E-state index is 12.9. The second-order valence-electron chi connectivity index (χ2n) is 5.97. The minimum atomic E-state index is -0.247. The van der Waals surface area contributed by atoms with E-state index >= 15 is 0 Å². The summed E-state index contributed by atoms with van der Waals surface area (Å²) in [6.07, 6.45) is 1.11. The zero-order chi connectivity index (χ0) is 16.9. The summed E-state index contributed by atoms with van der Waals surface area (Å²) < 4.78 is 12.9. The Morgan fingerprint density at radius 3 is 2.21 bits per heavy atom. The number of nitrogens with zero attached hydrogens (tertiary/aromatic N) is 2. The third kappa shape index (κ3) is 4.26. The Morgan fingerprint density at radius 1 is 0.958 bits per heavy atom. The third-order valence-corrected chi connectivity index (χ3v) is 4.62. The van der Waals surface area contributed by atoms with Crippen LogP contribution in [0.15, 0.2) is 48.5 Å². The molecule has 1 saturated heterocycles. The molecular weight excluding hydrogens is 327 g/mol. The summed E-state index contributed by atoms with van der Waals surface area (Å²) >= 11 is 5.92. The molecule has 2 aromatic carbocycles. The molecule has 1 aliphatic rings. The van der Waals surface area contributed by atoms with Crippen LogP contribution in [0.25, 0.3) is 0 Å². The molecule has 1 aliphatic heterocycles. The van der Waals surface area contributed by atoms with E-state index in [0.717, 1.165) is 42.5 Å². The van der Waals surface area contributed by atoms with Crippen LogP contribution in [0.4, 0.5) is 10.1 Å². The number of carbonyl (C=O) groups is 1. The van der Waals surface area contributed by atoms with E-state index in [0.29, 0.717) is 12.8 Å². The lowest BCUT2D eigenvalue weighted by molar-refractivity contribution is -0.131. The molecule has 5 heteroatoms. The predicted octanol–water partition coefficient (Wildman–Crippen LogP) is 3.76. The molecule has 1 amide bonds. The number of amides is 1. The number of halogens is 2. The van der Waals surface area contributed by atoms with Gasteiger partial charge in [-0.25, -0.2) is 4.39 Å². The molecular formula is C19H20ClFN2O. The second kappa shape index (κ2) is 7.67. The Hall–Kier alpha value is -2.07. The van der Waals surface area contributed by atoms with Gasteiger partial charge < -0.3 is 9.80 Å². The van der Waals surface area contributed by atoms with Crippen LogP contribution in [-0.2, 0) is 11.2 Å². The van der Waals surface area contributed by atoms with Crippen LogP contribution in [0.1, 0.15) is 12.0 Å². The van der Waals surface area contributed by atoms with E-state index in [1.54, 1.807) is 12.1 Å². The maximum atomic E-state index is 12.9. The van der Waals surface area contributed by atoms with Crippen LogP contribution in [0.2, 0.25) is 5.02 Å². The highest BCUT2D eigenvalue weighted by molar-refractivity contribution is 6.30. The SMILES string of the molecule is O=C(CCc1ccc(F)cc1)N1CCN(c2ccc(Cl)cc2)CC1. The van der Waals surface area contributed by atoms with Crippen molar-refractivity contribution in [1.82, 2.24) is 4.90 Å². The van der Waals surface area contributed by atoms with Crippen LogP contribution in [-0.4, -0.2) is 37.0 Å². The molecule has 126 valence electrons. The maximum Gasteiger partial charge on any atom is 0.223 e. The molecule has 0 unspecified atom stereocenters. The normalized spacial score (nSPS) is 14.8. The molecule has 0 bridgehead atoms. The molecule has 0 N–H and O–H groups in total. The average Bonchev–Trinajstić information content (AvgIpc) is 2.62. The van der Waals surface area contributed by atoms with E-state index in [4.69, 9.17) is 11.6 Å². The van der Waals surface area contributed by atoms with Crippen molar-refractivity contribution in [2.24, 2.45) is 0 Å². The zero-order valence-electron chi connectivity index (χ0n) is 13.4. The van der Waals surface area contributed by atoms with E-state index < -0.39 is 0 Å². The summed E-state index contributed by atoms with van der Waals surface area (Å²) in [7, 11) is 0. The molecule has 0 aliphatic carbocycles. The van der Waals surface area contributed by atoms with Crippen molar-refractivity contribution in [3.63, 3.8) is 0 Å². The summed E-state index contributed by atoms with van der Waals surface area (Å²) in [6, 6.07) is 14.1. The van der Waals surface area contributed by atoms with Crippen molar-refractivity contribution in [3.05, 3.63) is 64.9 Å². The summed E-state index contributed by atoms with van der Waals surface area (Å²) in [5, 5.41) is 0.730. The van der Waals surface area contributed by atoms with Gasteiger partial charge in [-0.2, -0.15) is 0 Å². The molecule has 2 aromatic rings. The van der Waals surface area contributed by atoms with E-state index in [2.05, 4.69) is 4.90 Å². The number of rotatable bonds is 4. The second-order valence-corrected chi connectivity index (χ2v) is 6.41. The van der Waals surface area contributed by atoms with Gasteiger partial charge in [0.05, 0.1) is 0 Å². The minimum Gasteiger partial charge on any atom is -0.368 e. The Kier molecular flexibility index (Phi) is 5.36. The Balaban J connectivity index is 1.48. The number of benzene rings is 2. The third-order valence-electron chi connectivity index (χ3n) is 4.36. The molecule has 0 spiro atoms. The largest absolute Gasteiger partial charge is 0.368 e. The van der Waals surface area contributed by atoms with Crippen molar-refractivity contribution in [2.45, 2.75) is 12.8 Å². The van der Waals surface area contributed by atoms with E-state index in [-0.39, 0.29) is 11.7 Å². The highest BCUT2D eigenvalue weighted by Gasteiger charge is 2.21. The molecule has 3 rings (SSSR count). The van der Waals surface area contributed by atoms with Gasteiger partial charge in [-0.15, -0.1) is 0 Å². The van der Waals surface area contributed by atoms with Crippen LogP contribution >= 0.6 is 11.6 Å². The topological polar surface area (TPSA) is 23.6 Å². The van der Waals surface area contributed by atoms with E-state index in [1.165, 1.54) is 12.1 Å². The molecule has 1 fully saturated rings. The quantitative estimate of drug-likeness (QED) is 0.841. The summed E-state index contributed by atoms with van der Waals surface area (Å²) in [4.78, 5) is 16.5. The molecule has 0 radical (unpaired) electrons. The number of hydrogen-bond acceptors (Lipinski definition) is 2. The molecule has 0 aromatic heterocycles. The lowest BCUT2D eigenvalue weighted by Crippen LogP contribution is -2.48. The van der Waals surface area contributed by atoms with Crippen LogP contribution in [0, 0.1) is 5.82 Å². The van der Waals surface area contributed by atoms with Gasteiger partial charge in [-0.05, 0) is 48.4 Å². The van der Waals surface area contributed by atoms with Gasteiger partial charge in [0.15, 0.2) is 0 Å². The first kappa shape index (κ1) is 16.8. The standard InChI is InChI=1S/C19H20ClFN2O/c20-16-4-8-18(9-5-16)22-11-13-23(14-12-22)19(24)10-3-15-1-6-17(21)7-2-15/h1-2,4-9H,3,10-14H2. The van der Waals surface area contributed by atoms with Crippen molar-refractivity contribution < 1.29 is 9.18 Å². The summed E-state index contributed by atoms with van der Waals surface area (Å²) in [5.74, 6) is -0.0847. The average molecular weight is 347 g/mol. The van der Waals surface area contributed by atoms with Crippen molar-refractivity contribution in [1.29, 1.82) is 0 Å². The van der Waals surface area contributed by atoms with Crippen molar-refractivity contribution in [2.75, 3.05) is 31.1 Å². The van der Waals surface area contributed by atoms with Gasteiger partial charge in [0, 0.05) is 43.3 Å². The Labute approximate surface area is 146 Å². The van der Waals surface area contributed by atoms with E-state index in [9.17, 15) is 9.18 Å². The first-order valence-electron chi connectivity index (χ1n) is 8.14. The fourth-order valence-corrected chi connectivity index (χ4v) is 3.05. The van der Waals surface area contributed by atoms with Crippen LogP contribution in [0.5, 0.6) is 0 Å². The number of anilines is 1. The van der Waals surface area contributed by atoms with Gasteiger partial charge in [0.1, 0.15) is 5.82 Å². The number of piperazine rings is 1. The van der Waals surface area contributed by atoms with Gasteiger partial charge in [-0.3, -0.25) is 4.79 Å². The highest BCUT2D eigenvalue weighted by atomic mass is 35.5. The summed E-state index contributed by atoms with van der Waals surface area (Å²) in [5.41, 5.74) is 2.13. The van der Waals surface area contributed by atoms with E-state index in [1.807, 2.05) is 29.2 Å². The number of carbonyl (C=O) groups excluding carboxylic acids is 1. The molecule has 3 nitrogen and oxygen atoms in total. The molecule has 24 heavy (non-hydrogen) atoms. The summed E-state index contributed by atoms with van der Waals surface area (Å²) in [6.45, 7) is 3.10. The number of aryl methyl sites for hydroxylation is 1. The zero-order valence-corrected chi connectivity index (χ0v) is 14.2. The molecule has 0 atom stereocenters. The smallest absolute Gasteiger partial charge is 0.223 e. The van der Waals surface area contributed by atoms with Crippen molar-refractivity contribution >= 4 is 23.2 Å². The van der Waals surface area contributed by atoms with Gasteiger partial charge >= 0.3 is 0 Å². The predicted molar refractivity (Wildman–Crippen MR) is 95.0 cm³/mol. The lowest BCUT2D eigenvalue weighted by atomic mass is 10.1.